The fourth-order valence-corrected chi connectivity index (χ4v) is 8.46. The van der Waals surface area contributed by atoms with E-state index < -0.39 is 12.0 Å². The van der Waals surface area contributed by atoms with Crippen LogP contribution in [-0.4, -0.2) is 41.6 Å². The number of carbonyl (C=O) groups excluding carboxylic acids is 2. The number of hydrogen-bond acceptors (Lipinski definition) is 5. The zero-order valence-corrected chi connectivity index (χ0v) is 39.6. The van der Waals surface area contributed by atoms with Gasteiger partial charge in [0.05, 0.1) is 0 Å². The third kappa shape index (κ3) is 44.2. The molecule has 7 nitrogen and oxygen atoms in total. The molecule has 0 fully saturated rings. The van der Waals surface area contributed by atoms with Crippen LogP contribution in [0.3, 0.4) is 0 Å². The largest absolute Gasteiger partial charge is 0.480 e. The first-order chi connectivity index (χ1) is 28.9. The van der Waals surface area contributed by atoms with E-state index in [1.54, 1.807) is 0 Å². The second-order valence-electron chi connectivity index (χ2n) is 18.3. The van der Waals surface area contributed by atoms with E-state index in [1.165, 1.54) is 193 Å². The molecular weight excluding hydrogens is 733 g/mol. The molecule has 350 valence electrons. The lowest BCUT2D eigenvalue weighted by Crippen LogP contribution is -2.40. The second-order valence-corrected chi connectivity index (χ2v) is 18.3. The maximum absolute atomic E-state index is 12.9. The van der Waals surface area contributed by atoms with Crippen molar-refractivity contribution in [1.82, 2.24) is 5.32 Å². The van der Waals surface area contributed by atoms with Crippen LogP contribution in [0.5, 0.6) is 0 Å². The summed E-state index contributed by atoms with van der Waals surface area (Å²) in [5.41, 5.74) is 5.50. The van der Waals surface area contributed by atoms with Gasteiger partial charge in [-0.3, -0.25) is 9.59 Å². The quantitative estimate of drug-likeness (QED) is 0.0415. The molecule has 0 aliphatic heterocycles. The van der Waals surface area contributed by atoms with Gasteiger partial charge in [-0.15, -0.1) is 0 Å². The first-order valence-electron chi connectivity index (χ1n) is 26.4. The molecule has 0 saturated heterocycles. The molecular formula is C52H102N2O5. The first kappa shape index (κ1) is 57.4. The number of nitrogens with two attached hydrogens (primary N) is 1. The van der Waals surface area contributed by atoms with E-state index in [2.05, 4.69) is 19.2 Å². The van der Waals surface area contributed by atoms with Crippen molar-refractivity contribution in [2.45, 2.75) is 309 Å². The van der Waals surface area contributed by atoms with Gasteiger partial charge in [0.2, 0.25) is 5.91 Å². The lowest BCUT2D eigenvalue weighted by atomic mass is 10.0. The fraction of sp³-hybridized carbons (Fsp3) is 0.942. The minimum atomic E-state index is -0.998. The van der Waals surface area contributed by atoms with Crippen LogP contribution in [0.1, 0.15) is 296 Å². The Bertz CT molecular complexity index is 898. The van der Waals surface area contributed by atoms with Crippen molar-refractivity contribution in [1.29, 1.82) is 0 Å². The molecule has 0 heterocycles. The summed E-state index contributed by atoms with van der Waals surface area (Å²) in [6.07, 6.45) is 53.1. The lowest BCUT2D eigenvalue weighted by molar-refractivity contribution is -0.150. The van der Waals surface area contributed by atoms with E-state index in [0.29, 0.717) is 32.2 Å². The van der Waals surface area contributed by atoms with Gasteiger partial charge in [0.15, 0.2) is 0 Å². The average molecular weight is 835 g/mol. The number of amides is 1. The molecule has 1 amide bonds. The molecule has 2 unspecified atom stereocenters. The predicted octanol–water partition coefficient (Wildman–Crippen LogP) is 15.6. The van der Waals surface area contributed by atoms with E-state index in [0.717, 1.165) is 64.2 Å². The van der Waals surface area contributed by atoms with E-state index in [1.807, 2.05) is 0 Å². The summed E-state index contributed by atoms with van der Waals surface area (Å²) in [6, 6.07) is -0.853. The molecule has 0 aliphatic carbocycles. The number of rotatable bonds is 49. The molecule has 0 aromatic carbocycles. The van der Waals surface area contributed by atoms with Crippen LogP contribution in [-0.2, 0) is 19.1 Å². The molecule has 2 atom stereocenters. The highest BCUT2D eigenvalue weighted by atomic mass is 16.5. The molecule has 0 saturated carbocycles. The average Bonchev–Trinajstić information content (AvgIpc) is 3.22. The number of carbonyl (C=O) groups is 3. The summed E-state index contributed by atoms with van der Waals surface area (Å²) in [6.45, 7) is 4.99. The van der Waals surface area contributed by atoms with E-state index in [-0.39, 0.29) is 18.0 Å². The molecule has 0 aromatic heterocycles. The molecule has 7 heteroatoms. The minimum Gasteiger partial charge on any atom is -0.480 e. The number of carboxylic acid groups (broad SMARTS) is 1. The number of esters is 1. The van der Waals surface area contributed by atoms with Crippen LogP contribution >= 0.6 is 0 Å². The highest BCUT2D eigenvalue weighted by Gasteiger charge is 2.19. The number of hydrogen-bond donors (Lipinski definition) is 3. The zero-order valence-electron chi connectivity index (χ0n) is 39.6. The molecule has 59 heavy (non-hydrogen) atoms. The fourth-order valence-electron chi connectivity index (χ4n) is 8.46. The number of ether oxygens (including phenoxy) is 1. The third-order valence-corrected chi connectivity index (χ3v) is 12.4. The van der Waals surface area contributed by atoms with Crippen molar-refractivity contribution in [2.24, 2.45) is 5.73 Å². The molecule has 0 spiro atoms. The Morgan fingerprint density at radius 2 is 0.729 bits per heavy atom. The van der Waals surface area contributed by atoms with Crippen LogP contribution in [0, 0.1) is 0 Å². The standard InChI is InChI=1S/C52H102N2O5/c1-3-5-7-9-11-13-15-17-19-20-21-23-25-27-29-31-36-40-46-51(56)59-48(42-37-33-30-28-26-24-22-18-16-14-12-10-8-6-4-2)43-38-34-32-35-39-45-50(55)54-49(52(57)58)44-41-47-53/h48-49H,3-47,53H2,1-2H3,(H,54,55)(H,57,58). The van der Waals surface area contributed by atoms with Crippen molar-refractivity contribution in [3.63, 3.8) is 0 Å². The van der Waals surface area contributed by atoms with Crippen LogP contribution in [0.15, 0.2) is 0 Å². The minimum absolute atomic E-state index is 0.00964. The topological polar surface area (TPSA) is 119 Å². The van der Waals surface area contributed by atoms with Gasteiger partial charge in [-0.2, -0.15) is 0 Å². The number of carboxylic acids is 1. The van der Waals surface area contributed by atoms with Crippen LogP contribution in [0.25, 0.3) is 0 Å². The highest BCUT2D eigenvalue weighted by Crippen LogP contribution is 2.20. The summed E-state index contributed by atoms with van der Waals surface area (Å²) >= 11 is 0. The Kier molecular flexibility index (Phi) is 46.1. The summed E-state index contributed by atoms with van der Waals surface area (Å²) in [5.74, 6) is -1.20. The number of unbranched alkanes of at least 4 members (excludes halogenated alkanes) is 35. The van der Waals surface area contributed by atoms with Gasteiger partial charge in [0, 0.05) is 12.8 Å². The van der Waals surface area contributed by atoms with Gasteiger partial charge in [-0.05, 0) is 57.9 Å². The van der Waals surface area contributed by atoms with E-state index in [4.69, 9.17) is 10.5 Å². The first-order valence-corrected chi connectivity index (χ1v) is 26.4. The normalized spacial score (nSPS) is 12.5. The predicted molar refractivity (Wildman–Crippen MR) is 253 cm³/mol. The van der Waals surface area contributed by atoms with Gasteiger partial charge in [0.25, 0.3) is 0 Å². The summed E-state index contributed by atoms with van der Waals surface area (Å²) in [7, 11) is 0. The van der Waals surface area contributed by atoms with Crippen LogP contribution in [0.4, 0.5) is 0 Å². The van der Waals surface area contributed by atoms with Crippen LogP contribution in [0.2, 0.25) is 0 Å². The number of nitrogens with one attached hydrogen (secondary N) is 1. The van der Waals surface area contributed by atoms with Gasteiger partial charge >= 0.3 is 11.9 Å². The maximum atomic E-state index is 12.9. The summed E-state index contributed by atoms with van der Waals surface area (Å²) < 4.78 is 6.10. The van der Waals surface area contributed by atoms with E-state index in [9.17, 15) is 19.5 Å². The van der Waals surface area contributed by atoms with Gasteiger partial charge in [-0.25, -0.2) is 4.79 Å². The SMILES string of the molecule is CCCCCCCCCCCCCCCCCCCCC(=O)OC(CCCCCCCCCCCCCCCCC)CCCCCCCC(=O)NC(CCCN)C(=O)O. The summed E-state index contributed by atoms with van der Waals surface area (Å²) in [5, 5.41) is 12.0. The zero-order chi connectivity index (χ0) is 43.1. The van der Waals surface area contributed by atoms with Crippen molar-refractivity contribution >= 4 is 17.8 Å². The molecule has 4 N–H and O–H groups in total. The molecule has 0 radical (unpaired) electrons. The van der Waals surface area contributed by atoms with Crippen molar-refractivity contribution < 1.29 is 24.2 Å². The van der Waals surface area contributed by atoms with Crippen molar-refractivity contribution in [3.8, 4) is 0 Å². The van der Waals surface area contributed by atoms with E-state index >= 15 is 0 Å². The maximum Gasteiger partial charge on any atom is 0.326 e. The van der Waals surface area contributed by atoms with Crippen molar-refractivity contribution in [3.05, 3.63) is 0 Å². The van der Waals surface area contributed by atoms with Gasteiger partial charge in [-0.1, -0.05) is 232 Å². The molecule has 0 rings (SSSR count). The summed E-state index contributed by atoms with van der Waals surface area (Å²) in [4.78, 5) is 36.6. The third-order valence-electron chi connectivity index (χ3n) is 12.4. The molecule has 0 aromatic rings. The Hall–Kier alpha value is -1.63. The number of aliphatic carboxylic acids is 1. The smallest absolute Gasteiger partial charge is 0.326 e. The highest BCUT2D eigenvalue weighted by molar-refractivity contribution is 5.83. The van der Waals surface area contributed by atoms with Crippen LogP contribution < -0.4 is 11.1 Å². The Morgan fingerprint density at radius 3 is 1.05 bits per heavy atom. The Balaban J connectivity index is 4.23. The van der Waals surface area contributed by atoms with Gasteiger partial charge < -0.3 is 20.9 Å². The van der Waals surface area contributed by atoms with Crippen molar-refractivity contribution in [2.75, 3.05) is 6.54 Å². The Labute approximate surface area is 367 Å². The van der Waals surface area contributed by atoms with Gasteiger partial charge in [0.1, 0.15) is 12.1 Å². The lowest BCUT2D eigenvalue weighted by Gasteiger charge is -2.18. The Morgan fingerprint density at radius 1 is 0.424 bits per heavy atom. The molecule has 0 bridgehead atoms. The second kappa shape index (κ2) is 47.4. The monoisotopic (exact) mass is 835 g/mol. The molecule has 0 aliphatic rings.